The monoisotopic (exact) mass is 318 g/mol. The number of Topliss-reactive ketones (excluding diaryl/α,β-unsaturated/α-hetero) is 1. The van der Waals surface area contributed by atoms with Crippen molar-refractivity contribution in [2.75, 3.05) is 0 Å². The van der Waals surface area contributed by atoms with Crippen molar-refractivity contribution in [2.24, 2.45) is 9.98 Å². The summed E-state index contributed by atoms with van der Waals surface area (Å²) in [4.78, 5) is 19.3. The highest BCUT2D eigenvalue weighted by Crippen LogP contribution is 2.20. The van der Waals surface area contributed by atoms with Gasteiger partial charge in [0.15, 0.2) is 5.76 Å². The van der Waals surface area contributed by atoms with E-state index in [9.17, 15) is 4.79 Å². The quantitative estimate of drug-likeness (QED) is 0.588. The van der Waals surface area contributed by atoms with Crippen LogP contribution in [-0.2, 0) is 16.1 Å². The summed E-state index contributed by atoms with van der Waals surface area (Å²) in [5, 5.41) is 0.694. The normalized spacial score (nSPS) is 17.0. The second-order valence-electron chi connectivity index (χ2n) is 5.17. The first-order valence-corrected chi connectivity index (χ1v) is 7.64. The molecule has 1 aliphatic rings. The van der Waals surface area contributed by atoms with Crippen molar-refractivity contribution < 1.29 is 9.53 Å². The average Bonchev–Trinajstić information content (AvgIpc) is 2.50. The molecule has 1 fully saturated rings. The van der Waals surface area contributed by atoms with Crippen molar-refractivity contribution in [1.82, 2.24) is 0 Å². The van der Waals surface area contributed by atoms with E-state index in [0.29, 0.717) is 36.0 Å². The fraction of sp³-hybridized carbons (Fsp3) is 0.353. The topological polar surface area (TPSA) is 51.0 Å². The van der Waals surface area contributed by atoms with Crippen LogP contribution in [0.1, 0.15) is 31.2 Å². The number of rotatable bonds is 6. The smallest absolute Gasteiger partial charge is 0.155 e. The molecule has 0 spiro atoms. The molecule has 0 atom stereocenters. The van der Waals surface area contributed by atoms with Crippen LogP contribution in [0.15, 0.2) is 46.2 Å². The fourth-order valence-corrected chi connectivity index (χ4v) is 2.50. The van der Waals surface area contributed by atoms with Gasteiger partial charge in [-0.15, -0.1) is 0 Å². The molecule has 1 aromatic rings. The molecule has 0 aromatic heterocycles. The minimum absolute atomic E-state index is 0.0447. The molecular weight excluding hydrogens is 300 g/mol. The molecule has 0 unspecified atom stereocenters. The van der Waals surface area contributed by atoms with Gasteiger partial charge in [-0.3, -0.25) is 14.8 Å². The van der Waals surface area contributed by atoms with Gasteiger partial charge in [0.25, 0.3) is 0 Å². The summed E-state index contributed by atoms with van der Waals surface area (Å²) in [5.41, 5.74) is 1.03. The average molecular weight is 319 g/mol. The zero-order valence-corrected chi connectivity index (χ0v) is 13.1. The van der Waals surface area contributed by atoms with E-state index in [1.165, 1.54) is 6.20 Å². The zero-order chi connectivity index (χ0) is 15.8. The lowest BCUT2D eigenvalue weighted by Crippen LogP contribution is -2.21. The second kappa shape index (κ2) is 8.49. The molecule has 1 aromatic carbocycles. The molecular formula is C17H19ClN2O2. The van der Waals surface area contributed by atoms with Crippen LogP contribution < -0.4 is 0 Å². The first kappa shape index (κ1) is 16.4. The van der Waals surface area contributed by atoms with Gasteiger partial charge in [0.05, 0.1) is 25.1 Å². The van der Waals surface area contributed by atoms with Crippen LogP contribution in [0.2, 0.25) is 5.02 Å². The predicted molar refractivity (Wildman–Crippen MR) is 89.6 cm³/mol. The second-order valence-corrected chi connectivity index (χ2v) is 5.61. The predicted octanol–water partition coefficient (Wildman–Crippen LogP) is 3.98. The Hall–Kier alpha value is -1.94. The Morgan fingerprint density at radius 2 is 2.18 bits per heavy atom. The lowest BCUT2D eigenvalue weighted by molar-refractivity contribution is -0.122. The molecule has 0 bridgehead atoms. The Bertz CT molecular complexity index is 586. The number of hydrogen-bond donors (Lipinski definition) is 0. The SMILES string of the molecule is C=NC=C(C=NCc1cccc(Cl)c1)OC1CCC(=O)CC1. The van der Waals surface area contributed by atoms with Crippen molar-refractivity contribution in [3.8, 4) is 0 Å². The lowest BCUT2D eigenvalue weighted by Gasteiger charge is -2.22. The molecule has 1 aliphatic carbocycles. The molecule has 4 nitrogen and oxygen atoms in total. The summed E-state index contributed by atoms with van der Waals surface area (Å²) in [7, 11) is 0. The van der Waals surface area contributed by atoms with Crippen LogP contribution in [0.4, 0.5) is 0 Å². The van der Waals surface area contributed by atoms with E-state index in [4.69, 9.17) is 16.3 Å². The van der Waals surface area contributed by atoms with Gasteiger partial charge >= 0.3 is 0 Å². The number of ether oxygens (including phenoxy) is 1. The third-order valence-corrected chi connectivity index (χ3v) is 3.63. The van der Waals surface area contributed by atoms with Gasteiger partial charge in [0, 0.05) is 17.9 Å². The molecule has 1 saturated carbocycles. The van der Waals surface area contributed by atoms with Crippen LogP contribution in [-0.4, -0.2) is 24.8 Å². The minimum atomic E-state index is 0.0447. The van der Waals surface area contributed by atoms with E-state index >= 15 is 0 Å². The van der Waals surface area contributed by atoms with Crippen molar-refractivity contribution in [3.63, 3.8) is 0 Å². The fourth-order valence-electron chi connectivity index (χ4n) is 2.28. The maximum atomic E-state index is 11.2. The number of allylic oxidation sites excluding steroid dienone is 1. The van der Waals surface area contributed by atoms with Crippen molar-refractivity contribution in [1.29, 1.82) is 0 Å². The summed E-state index contributed by atoms with van der Waals surface area (Å²) in [6, 6.07) is 7.56. The lowest BCUT2D eigenvalue weighted by atomic mass is 9.96. The Morgan fingerprint density at radius 3 is 2.86 bits per heavy atom. The summed E-state index contributed by atoms with van der Waals surface area (Å²) < 4.78 is 5.84. The van der Waals surface area contributed by atoms with Crippen molar-refractivity contribution >= 4 is 30.3 Å². The maximum absolute atomic E-state index is 11.2. The third kappa shape index (κ3) is 5.45. The largest absolute Gasteiger partial charge is 0.487 e. The Kier molecular flexibility index (Phi) is 6.34. The molecule has 0 saturated heterocycles. The van der Waals surface area contributed by atoms with Gasteiger partial charge in [-0.2, -0.15) is 0 Å². The summed E-state index contributed by atoms with van der Waals surface area (Å²) in [6.07, 6.45) is 5.89. The maximum Gasteiger partial charge on any atom is 0.155 e. The van der Waals surface area contributed by atoms with Gasteiger partial charge in [-0.25, -0.2) is 0 Å². The standard InChI is InChI=1S/C17H19ClN2O2/c1-19-11-17(22-16-7-5-15(21)6-8-16)12-20-10-13-3-2-4-14(18)9-13/h2-4,9,11-12,16H,1,5-8,10H2. The number of nitrogens with zero attached hydrogens (tertiary/aromatic N) is 2. The van der Waals surface area contributed by atoms with Crippen molar-refractivity contribution in [3.05, 3.63) is 46.8 Å². The number of benzene rings is 1. The molecule has 5 heteroatoms. The highest BCUT2D eigenvalue weighted by atomic mass is 35.5. The molecule has 0 heterocycles. The Morgan fingerprint density at radius 1 is 1.41 bits per heavy atom. The summed E-state index contributed by atoms with van der Waals surface area (Å²) in [5.74, 6) is 0.873. The van der Waals surface area contributed by atoms with Gasteiger partial charge in [-0.05, 0) is 37.3 Å². The highest BCUT2D eigenvalue weighted by molar-refractivity contribution is 6.30. The molecule has 0 aliphatic heterocycles. The van der Waals surface area contributed by atoms with E-state index in [0.717, 1.165) is 18.4 Å². The molecule has 0 radical (unpaired) electrons. The van der Waals surface area contributed by atoms with Crippen molar-refractivity contribution in [2.45, 2.75) is 38.3 Å². The molecule has 2 rings (SSSR count). The van der Waals surface area contributed by atoms with E-state index in [1.54, 1.807) is 6.21 Å². The van der Waals surface area contributed by atoms with Gasteiger partial charge < -0.3 is 4.74 Å². The number of aliphatic imine (C=N–C) groups is 2. The van der Waals surface area contributed by atoms with Crippen LogP contribution >= 0.6 is 11.6 Å². The number of halogens is 1. The molecule has 0 amide bonds. The van der Waals surface area contributed by atoms with Gasteiger partial charge in [0.1, 0.15) is 5.78 Å². The van der Waals surface area contributed by atoms with Crippen LogP contribution in [0.25, 0.3) is 0 Å². The number of ketones is 1. The minimum Gasteiger partial charge on any atom is -0.487 e. The summed E-state index contributed by atoms with van der Waals surface area (Å²) in [6.45, 7) is 3.96. The number of carbonyl (C=O) groups is 1. The number of hydrogen-bond acceptors (Lipinski definition) is 4. The van der Waals surface area contributed by atoms with Crippen LogP contribution in [0.3, 0.4) is 0 Å². The van der Waals surface area contributed by atoms with E-state index in [1.807, 2.05) is 24.3 Å². The zero-order valence-electron chi connectivity index (χ0n) is 12.4. The third-order valence-electron chi connectivity index (χ3n) is 3.39. The Labute approximate surface area is 135 Å². The van der Waals surface area contributed by atoms with E-state index in [2.05, 4.69) is 16.7 Å². The van der Waals surface area contributed by atoms with Gasteiger partial charge in [-0.1, -0.05) is 23.7 Å². The van der Waals surface area contributed by atoms with E-state index < -0.39 is 0 Å². The number of carbonyl (C=O) groups excluding carboxylic acids is 1. The summed E-state index contributed by atoms with van der Waals surface area (Å²) >= 11 is 5.94. The first-order valence-electron chi connectivity index (χ1n) is 7.26. The Balaban J connectivity index is 1.91. The highest BCUT2D eigenvalue weighted by Gasteiger charge is 2.20. The first-order chi connectivity index (χ1) is 10.7. The van der Waals surface area contributed by atoms with Crippen LogP contribution in [0.5, 0.6) is 0 Å². The van der Waals surface area contributed by atoms with Crippen LogP contribution in [0, 0.1) is 0 Å². The molecule has 116 valence electrons. The molecule has 0 N–H and O–H groups in total. The molecule has 22 heavy (non-hydrogen) atoms. The van der Waals surface area contributed by atoms with Gasteiger partial charge in [0.2, 0.25) is 0 Å². The van der Waals surface area contributed by atoms with E-state index in [-0.39, 0.29) is 6.10 Å².